The summed E-state index contributed by atoms with van der Waals surface area (Å²) < 4.78 is 0. The number of amides is 2. The summed E-state index contributed by atoms with van der Waals surface area (Å²) in [5, 5.41) is 6.90. The van der Waals surface area contributed by atoms with Crippen molar-refractivity contribution in [3.63, 3.8) is 0 Å². The molecule has 1 aliphatic heterocycles. The van der Waals surface area contributed by atoms with Gasteiger partial charge in [-0.25, -0.2) is 0 Å². The van der Waals surface area contributed by atoms with E-state index in [0.29, 0.717) is 12.2 Å². The van der Waals surface area contributed by atoms with Crippen LogP contribution in [0.5, 0.6) is 0 Å². The van der Waals surface area contributed by atoms with Crippen LogP contribution in [0.1, 0.15) is 55.7 Å². The Bertz CT molecular complexity index is 504. The smallest absolute Gasteiger partial charge is 0.274 e. The van der Waals surface area contributed by atoms with Crippen LogP contribution in [0.3, 0.4) is 0 Å². The van der Waals surface area contributed by atoms with Crippen molar-refractivity contribution in [2.75, 3.05) is 26.2 Å². The zero-order valence-corrected chi connectivity index (χ0v) is 13.6. The maximum Gasteiger partial charge on any atom is 0.274 e. The van der Waals surface area contributed by atoms with Crippen molar-refractivity contribution in [3.8, 4) is 0 Å². The molecule has 1 aromatic heterocycles. The molecule has 0 radical (unpaired) electrons. The molecule has 22 heavy (non-hydrogen) atoms. The maximum absolute atomic E-state index is 12.5. The van der Waals surface area contributed by atoms with E-state index in [4.69, 9.17) is 0 Å². The number of carbonyl (C=O) groups is 2. The molecule has 0 atom stereocenters. The number of hydrogen-bond donors (Lipinski definition) is 1. The first-order valence-corrected chi connectivity index (χ1v) is 8.27. The van der Waals surface area contributed by atoms with E-state index in [1.165, 1.54) is 12.8 Å². The van der Waals surface area contributed by atoms with E-state index in [1.54, 1.807) is 11.0 Å². The van der Waals surface area contributed by atoms with Gasteiger partial charge in [-0.15, -0.1) is 0 Å². The first kappa shape index (κ1) is 16.5. The number of aryl methyl sites for hydroxylation is 1. The topological polar surface area (TPSA) is 69.3 Å². The van der Waals surface area contributed by atoms with Crippen LogP contribution in [0.15, 0.2) is 6.07 Å². The summed E-state index contributed by atoms with van der Waals surface area (Å²) in [5.41, 5.74) is 1.32. The fraction of sp³-hybridized carbons (Fsp3) is 0.688. The molecule has 1 saturated heterocycles. The zero-order chi connectivity index (χ0) is 15.9. The molecule has 0 spiro atoms. The molecule has 2 rings (SSSR count). The summed E-state index contributed by atoms with van der Waals surface area (Å²) in [7, 11) is 0. The van der Waals surface area contributed by atoms with Crippen molar-refractivity contribution in [2.24, 2.45) is 0 Å². The molecule has 2 heterocycles. The van der Waals surface area contributed by atoms with Crippen molar-refractivity contribution < 1.29 is 9.59 Å². The predicted octanol–water partition coefficient (Wildman–Crippen LogP) is 1.84. The third kappa shape index (κ3) is 4.08. The Morgan fingerprint density at radius 2 is 1.91 bits per heavy atom. The van der Waals surface area contributed by atoms with Crippen molar-refractivity contribution in [1.82, 2.24) is 20.0 Å². The van der Waals surface area contributed by atoms with Crippen LogP contribution < -0.4 is 0 Å². The minimum Gasteiger partial charge on any atom is -0.341 e. The molecule has 0 bridgehead atoms. The number of rotatable bonds is 5. The number of H-pyrrole nitrogens is 1. The highest BCUT2D eigenvalue weighted by molar-refractivity contribution is 5.95. The lowest BCUT2D eigenvalue weighted by Gasteiger charge is -2.25. The van der Waals surface area contributed by atoms with Gasteiger partial charge in [-0.05, 0) is 32.3 Å². The molecule has 122 valence electrons. The van der Waals surface area contributed by atoms with Gasteiger partial charge < -0.3 is 9.80 Å². The largest absolute Gasteiger partial charge is 0.341 e. The third-order valence-corrected chi connectivity index (χ3v) is 4.18. The van der Waals surface area contributed by atoms with Gasteiger partial charge >= 0.3 is 0 Å². The molecule has 2 amide bonds. The van der Waals surface area contributed by atoms with Gasteiger partial charge in [0, 0.05) is 25.3 Å². The Labute approximate surface area is 131 Å². The van der Waals surface area contributed by atoms with Crippen LogP contribution >= 0.6 is 0 Å². The molecular formula is C16H26N4O2. The second-order valence-corrected chi connectivity index (χ2v) is 5.75. The van der Waals surface area contributed by atoms with Crippen LogP contribution in [-0.2, 0) is 11.2 Å². The Morgan fingerprint density at radius 1 is 1.23 bits per heavy atom. The lowest BCUT2D eigenvalue weighted by Crippen LogP contribution is -2.43. The van der Waals surface area contributed by atoms with Gasteiger partial charge in [-0.1, -0.05) is 19.8 Å². The quantitative estimate of drug-likeness (QED) is 0.902. The Hall–Kier alpha value is -1.85. The number of hydrogen-bond acceptors (Lipinski definition) is 3. The van der Waals surface area contributed by atoms with Crippen LogP contribution in [-0.4, -0.2) is 58.0 Å². The van der Waals surface area contributed by atoms with Crippen LogP contribution in [0.4, 0.5) is 0 Å². The van der Waals surface area contributed by atoms with Gasteiger partial charge in [-0.2, -0.15) is 5.10 Å². The monoisotopic (exact) mass is 306 g/mol. The number of nitrogens with zero attached hydrogens (tertiary/aromatic N) is 3. The summed E-state index contributed by atoms with van der Waals surface area (Å²) in [5.74, 6) is -0.134. The number of likely N-dealkylation sites (tertiary alicyclic amines) is 1. The SMILES string of the molecule is CCc1cc(C(=O)N(CC)CC(=O)N2CCCCCC2)n[nH]1. The van der Waals surface area contributed by atoms with Gasteiger partial charge in [0.05, 0.1) is 0 Å². The highest BCUT2D eigenvalue weighted by Crippen LogP contribution is 2.11. The molecule has 0 unspecified atom stereocenters. The molecule has 0 saturated carbocycles. The van der Waals surface area contributed by atoms with Crippen molar-refractivity contribution in [3.05, 3.63) is 17.5 Å². The lowest BCUT2D eigenvalue weighted by atomic mass is 10.2. The average Bonchev–Trinajstić information content (AvgIpc) is 2.85. The lowest BCUT2D eigenvalue weighted by molar-refractivity contribution is -0.131. The summed E-state index contributed by atoms with van der Waals surface area (Å²) in [4.78, 5) is 28.4. The molecule has 0 aliphatic carbocycles. The van der Waals surface area contributed by atoms with E-state index in [0.717, 1.165) is 38.0 Å². The normalized spacial score (nSPS) is 15.5. The summed E-state index contributed by atoms with van der Waals surface area (Å²) in [6.07, 6.45) is 5.30. The van der Waals surface area contributed by atoms with Crippen LogP contribution in [0.25, 0.3) is 0 Å². The third-order valence-electron chi connectivity index (χ3n) is 4.18. The van der Waals surface area contributed by atoms with Gasteiger partial charge in [-0.3, -0.25) is 14.7 Å². The summed E-state index contributed by atoms with van der Waals surface area (Å²) >= 11 is 0. The van der Waals surface area contributed by atoms with Crippen molar-refractivity contribution in [1.29, 1.82) is 0 Å². The van der Waals surface area contributed by atoms with E-state index in [9.17, 15) is 9.59 Å². The minimum absolute atomic E-state index is 0.0448. The zero-order valence-electron chi connectivity index (χ0n) is 13.6. The van der Waals surface area contributed by atoms with E-state index in [1.807, 2.05) is 18.7 Å². The highest BCUT2D eigenvalue weighted by atomic mass is 16.2. The minimum atomic E-state index is -0.179. The van der Waals surface area contributed by atoms with Crippen LogP contribution in [0.2, 0.25) is 0 Å². The molecular weight excluding hydrogens is 280 g/mol. The average molecular weight is 306 g/mol. The number of nitrogens with one attached hydrogen (secondary N) is 1. The Morgan fingerprint density at radius 3 is 2.45 bits per heavy atom. The molecule has 6 heteroatoms. The van der Waals surface area contributed by atoms with E-state index < -0.39 is 0 Å². The molecule has 1 fully saturated rings. The molecule has 6 nitrogen and oxygen atoms in total. The van der Waals surface area contributed by atoms with Gasteiger partial charge in [0.25, 0.3) is 5.91 Å². The van der Waals surface area contributed by atoms with Gasteiger partial charge in [0.1, 0.15) is 12.2 Å². The van der Waals surface area contributed by atoms with E-state index in [-0.39, 0.29) is 18.4 Å². The maximum atomic E-state index is 12.5. The number of aromatic nitrogens is 2. The first-order chi connectivity index (χ1) is 10.7. The Kier molecular flexibility index (Phi) is 5.98. The molecule has 0 aromatic carbocycles. The van der Waals surface area contributed by atoms with E-state index >= 15 is 0 Å². The predicted molar refractivity (Wildman–Crippen MR) is 84.6 cm³/mol. The number of carbonyl (C=O) groups excluding carboxylic acids is 2. The molecule has 1 N–H and O–H groups in total. The van der Waals surface area contributed by atoms with E-state index in [2.05, 4.69) is 10.2 Å². The number of aromatic amines is 1. The standard InChI is InChI=1S/C16H26N4O2/c1-3-13-11-14(18-17-13)16(22)19(4-2)12-15(21)20-9-7-5-6-8-10-20/h11H,3-10,12H2,1-2H3,(H,17,18). The highest BCUT2D eigenvalue weighted by Gasteiger charge is 2.23. The van der Waals surface area contributed by atoms with Gasteiger partial charge in [0.2, 0.25) is 5.91 Å². The first-order valence-electron chi connectivity index (χ1n) is 8.27. The van der Waals surface area contributed by atoms with Gasteiger partial charge in [0.15, 0.2) is 0 Å². The fourth-order valence-electron chi connectivity index (χ4n) is 2.72. The number of likely N-dealkylation sites (N-methyl/N-ethyl adjacent to an activating group) is 1. The summed E-state index contributed by atoms with van der Waals surface area (Å²) in [6.45, 7) is 6.17. The fourth-order valence-corrected chi connectivity index (χ4v) is 2.72. The Balaban J connectivity index is 1.98. The molecule has 1 aromatic rings. The van der Waals surface area contributed by atoms with Crippen LogP contribution in [0, 0.1) is 0 Å². The van der Waals surface area contributed by atoms with Crippen molar-refractivity contribution in [2.45, 2.75) is 46.0 Å². The summed E-state index contributed by atoms with van der Waals surface area (Å²) in [6, 6.07) is 1.77. The second kappa shape index (κ2) is 7.96. The second-order valence-electron chi connectivity index (χ2n) is 5.75. The van der Waals surface area contributed by atoms with Crippen molar-refractivity contribution >= 4 is 11.8 Å². The molecule has 1 aliphatic rings.